The zero-order chi connectivity index (χ0) is 12.4. The van der Waals surface area contributed by atoms with Crippen LogP contribution in [0, 0.1) is 0 Å². The maximum Gasteiger partial charge on any atom is 0.127 e. The van der Waals surface area contributed by atoms with E-state index in [1.54, 1.807) is 11.3 Å². The molecule has 2 N–H and O–H groups in total. The molecule has 0 amide bonds. The molecule has 4 heteroatoms. The van der Waals surface area contributed by atoms with Crippen molar-refractivity contribution in [1.82, 2.24) is 0 Å². The van der Waals surface area contributed by atoms with Crippen LogP contribution in [0.2, 0.25) is 0 Å². The van der Waals surface area contributed by atoms with Crippen LogP contribution in [0.15, 0.2) is 35.7 Å². The van der Waals surface area contributed by atoms with Crippen molar-refractivity contribution in [3.8, 4) is 11.5 Å². The van der Waals surface area contributed by atoms with Crippen molar-refractivity contribution < 1.29 is 9.47 Å². The standard InChI is InChI=1S/C14H15NO2S/c15-13-9-17-14-8-10(3-4-12(13)14)16-6-5-11-2-1-7-18-11/h1-4,7-8,13H,5-6,9,15H2. The van der Waals surface area contributed by atoms with Gasteiger partial charge in [-0.3, -0.25) is 0 Å². The van der Waals surface area contributed by atoms with Crippen molar-refractivity contribution >= 4 is 11.3 Å². The summed E-state index contributed by atoms with van der Waals surface area (Å²) in [6.07, 6.45) is 0.940. The van der Waals surface area contributed by atoms with E-state index in [2.05, 4.69) is 17.5 Å². The minimum atomic E-state index is 0.000156. The second kappa shape index (κ2) is 5.00. The number of rotatable bonds is 4. The molecule has 2 heterocycles. The van der Waals surface area contributed by atoms with Crippen molar-refractivity contribution in [1.29, 1.82) is 0 Å². The maximum atomic E-state index is 5.90. The van der Waals surface area contributed by atoms with Crippen LogP contribution in [0.1, 0.15) is 16.5 Å². The Morgan fingerprint density at radius 2 is 2.33 bits per heavy atom. The van der Waals surface area contributed by atoms with Crippen LogP contribution >= 0.6 is 11.3 Å². The normalized spacial score (nSPS) is 17.3. The van der Waals surface area contributed by atoms with Crippen LogP contribution in [-0.2, 0) is 6.42 Å². The molecule has 0 radical (unpaired) electrons. The highest BCUT2D eigenvalue weighted by molar-refractivity contribution is 7.09. The van der Waals surface area contributed by atoms with E-state index < -0.39 is 0 Å². The van der Waals surface area contributed by atoms with E-state index in [1.165, 1.54) is 4.88 Å². The first-order valence-electron chi connectivity index (χ1n) is 6.00. The zero-order valence-corrected chi connectivity index (χ0v) is 10.8. The molecule has 2 aromatic rings. The van der Waals surface area contributed by atoms with Gasteiger partial charge in [-0.25, -0.2) is 0 Å². The molecule has 1 aromatic carbocycles. The van der Waals surface area contributed by atoms with Crippen molar-refractivity contribution in [2.24, 2.45) is 5.73 Å². The summed E-state index contributed by atoms with van der Waals surface area (Å²) >= 11 is 1.76. The van der Waals surface area contributed by atoms with Crippen molar-refractivity contribution in [3.63, 3.8) is 0 Å². The SMILES string of the molecule is NC1COc2cc(OCCc3cccs3)ccc21. The van der Waals surface area contributed by atoms with E-state index in [0.717, 1.165) is 23.5 Å². The molecule has 0 aliphatic carbocycles. The van der Waals surface area contributed by atoms with Crippen molar-refractivity contribution in [2.45, 2.75) is 12.5 Å². The number of benzene rings is 1. The average Bonchev–Trinajstić information content (AvgIpc) is 3.00. The van der Waals surface area contributed by atoms with Gasteiger partial charge in [-0.05, 0) is 23.6 Å². The minimum Gasteiger partial charge on any atom is -0.493 e. The summed E-state index contributed by atoms with van der Waals surface area (Å²) in [4.78, 5) is 1.34. The average molecular weight is 261 g/mol. The first-order chi connectivity index (χ1) is 8.83. The first kappa shape index (κ1) is 11.6. The Labute approximate surface area is 110 Å². The molecule has 1 aliphatic heterocycles. The lowest BCUT2D eigenvalue weighted by molar-refractivity contribution is 0.314. The molecule has 1 atom stereocenters. The van der Waals surface area contributed by atoms with Crippen LogP contribution < -0.4 is 15.2 Å². The summed E-state index contributed by atoms with van der Waals surface area (Å²) in [6.45, 7) is 1.25. The predicted molar refractivity (Wildman–Crippen MR) is 72.4 cm³/mol. The van der Waals surface area contributed by atoms with Crippen molar-refractivity contribution in [2.75, 3.05) is 13.2 Å². The van der Waals surface area contributed by atoms with E-state index in [9.17, 15) is 0 Å². The first-order valence-corrected chi connectivity index (χ1v) is 6.88. The summed E-state index contributed by atoms with van der Waals surface area (Å²) in [5.41, 5.74) is 6.97. The molecule has 1 aromatic heterocycles. The fourth-order valence-electron chi connectivity index (χ4n) is 2.03. The number of nitrogens with two attached hydrogens (primary N) is 1. The quantitative estimate of drug-likeness (QED) is 0.920. The summed E-state index contributed by atoms with van der Waals surface area (Å²) < 4.78 is 11.2. The van der Waals surface area contributed by atoms with Crippen LogP contribution in [-0.4, -0.2) is 13.2 Å². The Balaban J connectivity index is 1.60. The van der Waals surface area contributed by atoms with E-state index in [0.29, 0.717) is 13.2 Å². The summed E-state index contributed by atoms with van der Waals surface area (Å²) in [6, 6.07) is 10.1. The Bertz CT molecular complexity index is 525. The van der Waals surface area contributed by atoms with Gasteiger partial charge in [0.15, 0.2) is 0 Å². The molecule has 1 unspecified atom stereocenters. The number of hydrogen-bond donors (Lipinski definition) is 1. The summed E-state index contributed by atoms with van der Waals surface area (Å²) in [5.74, 6) is 1.70. The largest absolute Gasteiger partial charge is 0.493 e. The fourth-order valence-corrected chi connectivity index (χ4v) is 2.72. The third kappa shape index (κ3) is 2.35. The second-order valence-corrected chi connectivity index (χ2v) is 5.33. The smallest absolute Gasteiger partial charge is 0.127 e. The molecular weight excluding hydrogens is 246 g/mol. The molecular formula is C14H15NO2S. The molecule has 0 bridgehead atoms. The van der Waals surface area contributed by atoms with Crippen LogP contribution in [0.25, 0.3) is 0 Å². The number of thiophene rings is 1. The van der Waals surface area contributed by atoms with E-state index >= 15 is 0 Å². The minimum absolute atomic E-state index is 0.000156. The predicted octanol–water partition coefficient (Wildman–Crippen LogP) is 2.76. The molecule has 3 nitrogen and oxygen atoms in total. The lowest BCUT2D eigenvalue weighted by Gasteiger charge is -2.07. The number of hydrogen-bond acceptors (Lipinski definition) is 4. The molecule has 0 saturated heterocycles. The van der Waals surface area contributed by atoms with Gasteiger partial charge in [-0.2, -0.15) is 0 Å². The van der Waals surface area contributed by atoms with Gasteiger partial charge in [-0.1, -0.05) is 6.07 Å². The van der Waals surface area contributed by atoms with Gasteiger partial charge in [-0.15, -0.1) is 11.3 Å². The van der Waals surface area contributed by atoms with E-state index in [1.807, 2.05) is 18.2 Å². The lowest BCUT2D eigenvalue weighted by atomic mass is 10.1. The molecule has 0 saturated carbocycles. The zero-order valence-electron chi connectivity index (χ0n) is 9.96. The van der Waals surface area contributed by atoms with Gasteiger partial charge in [0.1, 0.15) is 18.1 Å². The third-order valence-corrected chi connectivity index (χ3v) is 3.94. The van der Waals surface area contributed by atoms with Gasteiger partial charge in [0.2, 0.25) is 0 Å². The molecule has 94 valence electrons. The highest BCUT2D eigenvalue weighted by atomic mass is 32.1. The highest BCUT2D eigenvalue weighted by Gasteiger charge is 2.20. The summed E-state index contributed by atoms with van der Waals surface area (Å²) in [5, 5.41) is 2.08. The lowest BCUT2D eigenvalue weighted by Crippen LogP contribution is -2.10. The van der Waals surface area contributed by atoms with Gasteiger partial charge >= 0.3 is 0 Å². The Kier molecular flexibility index (Phi) is 3.21. The number of ether oxygens (including phenoxy) is 2. The summed E-state index contributed by atoms with van der Waals surface area (Å²) in [7, 11) is 0. The van der Waals surface area contributed by atoms with Crippen molar-refractivity contribution in [3.05, 3.63) is 46.2 Å². The Hall–Kier alpha value is -1.52. The second-order valence-electron chi connectivity index (χ2n) is 4.29. The monoisotopic (exact) mass is 261 g/mol. The van der Waals surface area contributed by atoms with Gasteiger partial charge < -0.3 is 15.2 Å². The Morgan fingerprint density at radius 1 is 1.39 bits per heavy atom. The van der Waals surface area contributed by atoms with Gasteiger partial charge in [0, 0.05) is 22.9 Å². The van der Waals surface area contributed by atoms with Gasteiger partial charge in [0.05, 0.1) is 12.6 Å². The van der Waals surface area contributed by atoms with Gasteiger partial charge in [0.25, 0.3) is 0 Å². The van der Waals surface area contributed by atoms with E-state index in [-0.39, 0.29) is 6.04 Å². The molecule has 1 aliphatic rings. The molecule has 0 spiro atoms. The van der Waals surface area contributed by atoms with Crippen LogP contribution in [0.3, 0.4) is 0 Å². The van der Waals surface area contributed by atoms with Crippen LogP contribution in [0.5, 0.6) is 11.5 Å². The Morgan fingerprint density at radius 3 is 3.17 bits per heavy atom. The highest BCUT2D eigenvalue weighted by Crippen LogP contribution is 2.33. The topological polar surface area (TPSA) is 44.5 Å². The fraction of sp³-hybridized carbons (Fsp3) is 0.286. The van der Waals surface area contributed by atoms with E-state index in [4.69, 9.17) is 15.2 Å². The molecule has 0 fully saturated rings. The molecule has 3 rings (SSSR count). The molecule has 18 heavy (non-hydrogen) atoms. The third-order valence-electron chi connectivity index (χ3n) is 3.00. The number of fused-ring (bicyclic) bond motifs is 1. The maximum absolute atomic E-state index is 5.90. The van der Waals surface area contributed by atoms with Crippen LogP contribution in [0.4, 0.5) is 0 Å².